The molecule has 0 spiro atoms. The number of benzene rings is 2. The van der Waals surface area contributed by atoms with Crippen molar-refractivity contribution in [3.05, 3.63) is 64.7 Å². The summed E-state index contributed by atoms with van der Waals surface area (Å²) in [6.45, 7) is 0. The largest absolute Gasteiger partial charge is 0.322 e. The zero-order chi connectivity index (χ0) is 16.3. The Labute approximate surface area is 140 Å². The van der Waals surface area contributed by atoms with Gasteiger partial charge in [-0.15, -0.1) is 0 Å². The highest BCUT2D eigenvalue weighted by atomic mass is 35.5. The molecular formula is C19H17ClN2O. The lowest BCUT2D eigenvalue weighted by Crippen LogP contribution is -2.19. The lowest BCUT2D eigenvalue weighted by Gasteiger charge is -2.21. The topological polar surface area (TPSA) is 52.9 Å². The fourth-order valence-electron chi connectivity index (χ4n) is 3.15. The SMILES string of the molecule is N#CC1(c2ccc(NC(=O)c3cccc(Cl)c3)cc2)CCCC1. The van der Waals surface area contributed by atoms with Crippen molar-refractivity contribution in [3.63, 3.8) is 0 Å². The monoisotopic (exact) mass is 324 g/mol. The van der Waals surface area contributed by atoms with Crippen molar-refractivity contribution in [1.29, 1.82) is 5.26 Å². The molecule has 0 radical (unpaired) electrons. The van der Waals surface area contributed by atoms with Crippen LogP contribution in [-0.4, -0.2) is 5.91 Å². The smallest absolute Gasteiger partial charge is 0.255 e. The van der Waals surface area contributed by atoms with Crippen LogP contribution in [0.4, 0.5) is 5.69 Å². The van der Waals surface area contributed by atoms with Crippen molar-refractivity contribution in [3.8, 4) is 6.07 Å². The number of amides is 1. The standard InChI is InChI=1S/C19H17ClN2O/c20-16-5-3-4-14(12-16)18(23)22-17-8-6-15(7-9-17)19(13-21)10-1-2-11-19/h3-9,12H,1-2,10-11H2,(H,22,23). The number of hydrogen-bond acceptors (Lipinski definition) is 2. The second kappa shape index (κ2) is 6.44. The maximum atomic E-state index is 12.2. The second-order valence-corrected chi connectivity index (χ2v) is 6.38. The van der Waals surface area contributed by atoms with Gasteiger partial charge in [-0.3, -0.25) is 4.79 Å². The summed E-state index contributed by atoms with van der Waals surface area (Å²) < 4.78 is 0. The minimum atomic E-state index is -0.352. The van der Waals surface area contributed by atoms with Crippen molar-refractivity contribution in [2.75, 3.05) is 5.32 Å². The van der Waals surface area contributed by atoms with Crippen molar-refractivity contribution in [2.45, 2.75) is 31.1 Å². The van der Waals surface area contributed by atoms with Gasteiger partial charge in [0.15, 0.2) is 0 Å². The fraction of sp³-hybridized carbons (Fsp3) is 0.263. The Hall–Kier alpha value is -2.31. The van der Waals surface area contributed by atoms with Gasteiger partial charge in [-0.05, 0) is 48.7 Å². The molecule has 2 aromatic rings. The predicted molar refractivity (Wildman–Crippen MR) is 91.6 cm³/mol. The lowest BCUT2D eigenvalue weighted by molar-refractivity contribution is 0.102. The highest BCUT2D eigenvalue weighted by Gasteiger charge is 2.35. The van der Waals surface area contributed by atoms with Crippen LogP contribution < -0.4 is 5.32 Å². The minimum Gasteiger partial charge on any atom is -0.322 e. The quantitative estimate of drug-likeness (QED) is 0.870. The van der Waals surface area contributed by atoms with E-state index in [9.17, 15) is 10.1 Å². The minimum absolute atomic E-state index is 0.198. The molecule has 0 atom stereocenters. The van der Waals surface area contributed by atoms with Gasteiger partial charge in [-0.1, -0.05) is 42.6 Å². The Kier molecular flexibility index (Phi) is 4.36. The van der Waals surface area contributed by atoms with Gasteiger partial charge < -0.3 is 5.32 Å². The summed E-state index contributed by atoms with van der Waals surface area (Å²) in [5, 5.41) is 12.9. The van der Waals surface area contributed by atoms with Crippen molar-refractivity contribution < 1.29 is 4.79 Å². The molecule has 1 aliphatic rings. The second-order valence-electron chi connectivity index (χ2n) is 5.94. The number of halogens is 1. The Morgan fingerprint density at radius 1 is 1.13 bits per heavy atom. The van der Waals surface area contributed by atoms with E-state index >= 15 is 0 Å². The van der Waals surface area contributed by atoms with Gasteiger partial charge in [-0.25, -0.2) is 0 Å². The molecule has 3 rings (SSSR count). The van der Waals surface area contributed by atoms with Crippen LogP contribution in [0.3, 0.4) is 0 Å². The van der Waals surface area contributed by atoms with E-state index in [2.05, 4.69) is 11.4 Å². The normalized spacial score (nSPS) is 15.8. The van der Waals surface area contributed by atoms with Gasteiger partial charge in [0.2, 0.25) is 0 Å². The molecule has 23 heavy (non-hydrogen) atoms. The number of carbonyl (C=O) groups excluding carboxylic acids is 1. The van der Waals surface area contributed by atoms with Crippen molar-refractivity contribution in [2.24, 2.45) is 0 Å². The van der Waals surface area contributed by atoms with E-state index in [1.807, 2.05) is 24.3 Å². The molecule has 1 N–H and O–H groups in total. The zero-order valence-electron chi connectivity index (χ0n) is 12.7. The summed E-state index contributed by atoms with van der Waals surface area (Å²) in [5.41, 5.74) is 1.92. The van der Waals surface area contributed by atoms with E-state index < -0.39 is 0 Å². The van der Waals surface area contributed by atoms with E-state index in [4.69, 9.17) is 11.6 Å². The van der Waals surface area contributed by atoms with Crippen LogP contribution >= 0.6 is 11.6 Å². The van der Waals surface area contributed by atoms with E-state index in [1.54, 1.807) is 24.3 Å². The molecule has 0 aliphatic heterocycles. The van der Waals surface area contributed by atoms with Crippen LogP contribution in [0.5, 0.6) is 0 Å². The summed E-state index contributed by atoms with van der Waals surface area (Å²) in [6, 6.07) is 16.9. The molecule has 0 bridgehead atoms. The molecule has 1 fully saturated rings. The third-order valence-corrected chi connectivity index (χ3v) is 4.69. The molecule has 116 valence electrons. The van der Waals surface area contributed by atoms with E-state index in [1.165, 1.54) is 0 Å². The van der Waals surface area contributed by atoms with Crippen LogP contribution in [-0.2, 0) is 5.41 Å². The molecule has 1 saturated carbocycles. The van der Waals surface area contributed by atoms with Crippen molar-refractivity contribution >= 4 is 23.2 Å². The summed E-state index contributed by atoms with van der Waals surface area (Å²) >= 11 is 5.91. The Morgan fingerprint density at radius 3 is 2.43 bits per heavy atom. The molecule has 0 aromatic heterocycles. The number of hydrogen-bond donors (Lipinski definition) is 1. The predicted octanol–water partition coefficient (Wildman–Crippen LogP) is 4.93. The van der Waals surface area contributed by atoms with E-state index in [0.717, 1.165) is 31.2 Å². The molecule has 0 saturated heterocycles. The summed E-state index contributed by atoms with van der Waals surface area (Å²) in [7, 11) is 0. The van der Waals surface area contributed by atoms with Crippen LogP contribution in [0.2, 0.25) is 5.02 Å². The Balaban J connectivity index is 1.75. The molecule has 0 unspecified atom stereocenters. The summed E-state index contributed by atoms with van der Waals surface area (Å²) in [4.78, 5) is 12.2. The Bertz CT molecular complexity index is 756. The molecule has 1 aliphatic carbocycles. The maximum Gasteiger partial charge on any atom is 0.255 e. The summed E-state index contributed by atoms with van der Waals surface area (Å²) in [5.74, 6) is -0.198. The average molecular weight is 325 g/mol. The fourth-order valence-corrected chi connectivity index (χ4v) is 3.34. The van der Waals surface area contributed by atoms with Crippen LogP contribution in [0.1, 0.15) is 41.6 Å². The molecule has 3 nitrogen and oxygen atoms in total. The first-order valence-electron chi connectivity index (χ1n) is 7.72. The maximum absolute atomic E-state index is 12.2. The number of anilines is 1. The van der Waals surface area contributed by atoms with Gasteiger partial charge in [0.1, 0.15) is 0 Å². The van der Waals surface area contributed by atoms with Gasteiger partial charge in [0.25, 0.3) is 5.91 Å². The first-order chi connectivity index (χ1) is 11.1. The van der Waals surface area contributed by atoms with Crippen molar-refractivity contribution in [1.82, 2.24) is 0 Å². The third-order valence-electron chi connectivity index (χ3n) is 4.45. The average Bonchev–Trinajstić information content (AvgIpc) is 3.06. The molecule has 1 amide bonds. The Morgan fingerprint density at radius 2 is 1.83 bits per heavy atom. The highest BCUT2D eigenvalue weighted by Crippen LogP contribution is 2.40. The summed E-state index contributed by atoms with van der Waals surface area (Å²) in [6.07, 6.45) is 4.02. The third kappa shape index (κ3) is 3.23. The lowest BCUT2D eigenvalue weighted by atomic mass is 9.80. The number of rotatable bonds is 3. The van der Waals surface area contributed by atoms with Crippen LogP contribution in [0.25, 0.3) is 0 Å². The van der Waals surface area contributed by atoms with E-state index in [-0.39, 0.29) is 11.3 Å². The molecule has 0 heterocycles. The van der Waals surface area contributed by atoms with Crippen LogP contribution in [0, 0.1) is 11.3 Å². The van der Waals surface area contributed by atoms with Crippen LogP contribution in [0.15, 0.2) is 48.5 Å². The number of nitrogens with zero attached hydrogens (tertiary/aromatic N) is 1. The van der Waals surface area contributed by atoms with Gasteiger partial charge in [-0.2, -0.15) is 5.26 Å². The molecule has 2 aromatic carbocycles. The number of nitriles is 1. The number of nitrogens with one attached hydrogen (secondary N) is 1. The number of carbonyl (C=O) groups is 1. The highest BCUT2D eigenvalue weighted by molar-refractivity contribution is 6.31. The molecular weight excluding hydrogens is 308 g/mol. The molecule has 4 heteroatoms. The van der Waals surface area contributed by atoms with Gasteiger partial charge in [0, 0.05) is 16.3 Å². The zero-order valence-corrected chi connectivity index (χ0v) is 13.4. The van der Waals surface area contributed by atoms with Gasteiger partial charge in [0.05, 0.1) is 11.5 Å². The first kappa shape index (κ1) is 15.6. The first-order valence-corrected chi connectivity index (χ1v) is 8.09. The van der Waals surface area contributed by atoms with E-state index in [0.29, 0.717) is 16.3 Å². The van der Waals surface area contributed by atoms with Gasteiger partial charge >= 0.3 is 0 Å².